The summed E-state index contributed by atoms with van der Waals surface area (Å²) in [6, 6.07) is 13.6. The molecule has 0 aliphatic heterocycles. The van der Waals surface area contributed by atoms with E-state index in [1.165, 1.54) is 14.2 Å². The van der Waals surface area contributed by atoms with Gasteiger partial charge in [-0.1, -0.05) is 24.3 Å². The zero-order chi connectivity index (χ0) is 20.3. The van der Waals surface area contributed by atoms with E-state index >= 15 is 0 Å². The van der Waals surface area contributed by atoms with Crippen molar-refractivity contribution in [2.75, 3.05) is 28.4 Å². The van der Waals surface area contributed by atoms with Gasteiger partial charge in [-0.05, 0) is 35.4 Å². The second kappa shape index (κ2) is 8.00. The van der Waals surface area contributed by atoms with Crippen molar-refractivity contribution in [3.63, 3.8) is 0 Å². The van der Waals surface area contributed by atoms with E-state index in [2.05, 4.69) is 0 Å². The van der Waals surface area contributed by atoms with Crippen LogP contribution in [0.25, 0.3) is 11.1 Å². The third-order valence-electron chi connectivity index (χ3n) is 4.49. The van der Waals surface area contributed by atoms with Gasteiger partial charge in [-0.3, -0.25) is 9.59 Å². The summed E-state index contributed by atoms with van der Waals surface area (Å²) in [7, 11) is 5.84. The lowest BCUT2D eigenvalue weighted by Gasteiger charge is -2.22. The minimum Gasteiger partial charge on any atom is -0.497 e. The second-order valence-electron chi connectivity index (χ2n) is 5.93. The lowest BCUT2D eigenvalue weighted by molar-refractivity contribution is -0.117. The quantitative estimate of drug-likeness (QED) is 0.717. The average molecular weight is 380 g/mol. The fraction of sp³-hybridized carbons (Fsp3) is 0.182. The van der Waals surface area contributed by atoms with E-state index in [4.69, 9.17) is 18.9 Å². The van der Waals surface area contributed by atoms with Crippen LogP contribution in [-0.2, 0) is 19.1 Å². The number of carbonyl (C=O) groups excluding carboxylic acids is 2. The van der Waals surface area contributed by atoms with E-state index < -0.39 is 11.6 Å². The van der Waals surface area contributed by atoms with Gasteiger partial charge in [0.2, 0.25) is 11.6 Å². The van der Waals surface area contributed by atoms with Crippen molar-refractivity contribution in [2.45, 2.75) is 0 Å². The van der Waals surface area contributed by atoms with E-state index in [1.54, 1.807) is 62.8 Å². The summed E-state index contributed by atoms with van der Waals surface area (Å²) in [5, 5.41) is 0. The Labute approximate surface area is 163 Å². The summed E-state index contributed by atoms with van der Waals surface area (Å²) in [4.78, 5) is 26.4. The first-order valence-corrected chi connectivity index (χ1v) is 8.50. The van der Waals surface area contributed by atoms with E-state index in [-0.39, 0.29) is 22.7 Å². The van der Waals surface area contributed by atoms with Gasteiger partial charge in [0, 0.05) is 0 Å². The van der Waals surface area contributed by atoms with E-state index in [0.29, 0.717) is 22.6 Å². The molecular weight excluding hydrogens is 360 g/mol. The van der Waals surface area contributed by atoms with Gasteiger partial charge >= 0.3 is 0 Å². The lowest BCUT2D eigenvalue weighted by Crippen LogP contribution is -2.24. The Balaban J connectivity index is 2.14. The summed E-state index contributed by atoms with van der Waals surface area (Å²) >= 11 is 0. The third kappa shape index (κ3) is 3.24. The SMILES string of the molecule is COC1=C(c2ccc(OC)cc2)C(=O)C(OC)=C(c2ccc(OC)cc2)C1=O. The molecule has 0 heterocycles. The molecule has 144 valence electrons. The summed E-state index contributed by atoms with van der Waals surface area (Å²) in [5.41, 5.74) is 1.40. The van der Waals surface area contributed by atoms with Crippen LogP contribution < -0.4 is 9.47 Å². The molecule has 0 N–H and O–H groups in total. The highest BCUT2D eigenvalue weighted by atomic mass is 16.5. The highest BCUT2D eigenvalue weighted by molar-refractivity contribution is 6.46. The maximum absolute atomic E-state index is 13.2. The van der Waals surface area contributed by atoms with Crippen molar-refractivity contribution in [2.24, 2.45) is 0 Å². The fourth-order valence-corrected chi connectivity index (χ4v) is 3.09. The first kappa shape index (κ1) is 19.2. The molecule has 0 fully saturated rings. The van der Waals surface area contributed by atoms with Gasteiger partial charge < -0.3 is 18.9 Å². The molecule has 0 radical (unpaired) electrons. The number of ether oxygens (including phenoxy) is 4. The topological polar surface area (TPSA) is 71.1 Å². The van der Waals surface area contributed by atoms with Gasteiger partial charge in [0.05, 0.1) is 39.6 Å². The van der Waals surface area contributed by atoms with Crippen molar-refractivity contribution in [3.8, 4) is 11.5 Å². The number of hydrogen-bond acceptors (Lipinski definition) is 6. The van der Waals surface area contributed by atoms with E-state index in [9.17, 15) is 9.59 Å². The molecule has 0 saturated heterocycles. The van der Waals surface area contributed by atoms with Crippen LogP contribution in [-0.4, -0.2) is 40.0 Å². The molecule has 0 atom stereocenters. The zero-order valence-electron chi connectivity index (χ0n) is 16.1. The molecule has 2 aromatic rings. The van der Waals surface area contributed by atoms with Crippen LogP contribution in [0.1, 0.15) is 11.1 Å². The average Bonchev–Trinajstić information content (AvgIpc) is 2.74. The molecule has 0 spiro atoms. The molecule has 0 unspecified atom stereocenters. The van der Waals surface area contributed by atoms with Crippen LogP contribution >= 0.6 is 0 Å². The fourth-order valence-electron chi connectivity index (χ4n) is 3.09. The molecule has 1 aliphatic carbocycles. The van der Waals surface area contributed by atoms with Gasteiger partial charge in [-0.2, -0.15) is 0 Å². The Hall–Kier alpha value is -3.54. The van der Waals surface area contributed by atoms with Gasteiger partial charge in [-0.25, -0.2) is 0 Å². The van der Waals surface area contributed by atoms with Gasteiger partial charge in [0.1, 0.15) is 11.5 Å². The smallest absolute Gasteiger partial charge is 0.232 e. The normalized spacial score (nSPS) is 14.3. The maximum atomic E-state index is 13.2. The molecule has 0 bridgehead atoms. The van der Waals surface area contributed by atoms with Crippen LogP contribution in [0.5, 0.6) is 11.5 Å². The first-order chi connectivity index (χ1) is 13.5. The number of allylic oxidation sites excluding steroid dienone is 2. The van der Waals surface area contributed by atoms with Crippen molar-refractivity contribution in [1.29, 1.82) is 0 Å². The second-order valence-corrected chi connectivity index (χ2v) is 5.93. The standard InChI is InChI=1S/C22H20O6/c1-25-15-9-5-13(6-10-15)17-19(23)22(28-4)18(20(24)21(17)27-3)14-7-11-16(26-2)12-8-14/h5-12H,1-4H3. The van der Waals surface area contributed by atoms with Crippen molar-refractivity contribution in [1.82, 2.24) is 0 Å². The monoisotopic (exact) mass is 380 g/mol. The number of carbonyl (C=O) groups is 2. The predicted octanol–water partition coefficient (Wildman–Crippen LogP) is 3.27. The van der Waals surface area contributed by atoms with E-state index in [1.807, 2.05) is 0 Å². The number of benzene rings is 2. The highest BCUT2D eigenvalue weighted by Gasteiger charge is 2.38. The summed E-state index contributed by atoms with van der Waals surface area (Å²) in [6.45, 7) is 0. The number of methoxy groups -OCH3 is 4. The predicted molar refractivity (Wildman–Crippen MR) is 104 cm³/mol. The largest absolute Gasteiger partial charge is 0.497 e. The maximum Gasteiger partial charge on any atom is 0.232 e. The minimum absolute atomic E-state index is 0.0261. The van der Waals surface area contributed by atoms with Gasteiger partial charge in [0.25, 0.3) is 0 Å². The van der Waals surface area contributed by atoms with Crippen LogP contribution in [0.15, 0.2) is 60.0 Å². The van der Waals surface area contributed by atoms with Gasteiger partial charge in [0.15, 0.2) is 11.5 Å². The third-order valence-corrected chi connectivity index (χ3v) is 4.49. The molecule has 28 heavy (non-hydrogen) atoms. The van der Waals surface area contributed by atoms with Gasteiger partial charge in [-0.15, -0.1) is 0 Å². The van der Waals surface area contributed by atoms with Crippen LogP contribution in [0.4, 0.5) is 0 Å². The molecule has 1 aliphatic rings. The Bertz CT molecular complexity index is 884. The first-order valence-electron chi connectivity index (χ1n) is 8.50. The Morgan fingerprint density at radius 3 is 1.07 bits per heavy atom. The molecule has 6 heteroatoms. The number of hydrogen-bond donors (Lipinski definition) is 0. The zero-order valence-corrected chi connectivity index (χ0v) is 16.1. The van der Waals surface area contributed by atoms with E-state index in [0.717, 1.165) is 0 Å². The summed E-state index contributed by atoms with van der Waals surface area (Å²) in [5.74, 6) is 0.382. The number of Topliss-reactive ketones (excluding diaryl/α,β-unsaturated/α-hetero) is 2. The Kier molecular flexibility index (Phi) is 5.49. The Morgan fingerprint density at radius 2 is 0.821 bits per heavy atom. The summed E-state index contributed by atoms with van der Waals surface area (Å²) < 4.78 is 21.0. The highest BCUT2D eigenvalue weighted by Crippen LogP contribution is 2.37. The van der Waals surface area contributed by atoms with Crippen LogP contribution in [0.2, 0.25) is 0 Å². The molecule has 6 nitrogen and oxygen atoms in total. The van der Waals surface area contributed by atoms with Crippen LogP contribution in [0.3, 0.4) is 0 Å². The molecule has 2 aromatic carbocycles. The number of ketones is 2. The van der Waals surface area contributed by atoms with Crippen molar-refractivity contribution < 1.29 is 28.5 Å². The Morgan fingerprint density at radius 1 is 0.500 bits per heavy atom. The molecule has 0 aromatic heterocycles. The van der Waals surface area contributed by atoms with Crippen LogP contribution in [0, 0.1) is 0 Å². The summed E-state index contributed by atoms with van der Waals surface area (Å²) in [6.07, 6.45) is 0. The molecule has 0 saturated carbocycles. The van der Waals surface area contributed by atoms with Crippen molar-refractivity contribution >= 4 is 22.7 Å². The number of rotatable bonds is 6. The van der Waals surface area contributed by atoms with Crippen molar-refractivity contribution in [3.05, 3.63) is 71.2 Å². The molecular formula is C22H20O6. The minimum atomic E-state index is -0.421. The molecule has 0 amide bonds. The lowest BCUT2D eigenvalue weighted by atomic mass is 9.86. The molecule has 3 rings (SSSR count).